The van der Waals surface area contributed by atoms with Gasteiger partial charge in [-0.15, -0.1) is 0 Å². The first-order chi connectivity index (χ1) is 14.2. The summed E-state index contributed by atoms with van der Waals surface area (Å²) >= 11 is 0. The minimum absolute atomic E-state index is 0.0795. The van der Waals surface area contributed by atoms with E-state index in [1.165, 1.54) is 11.0 Å². The highest BCUT2D eigenvalue weighted by Gasteiger charge is 2.25. The minimum atomic E-state index is -0.666. The second-order valence-electron chi connectivity index (χ2n) is 7.45. The highest BCUT2D eigenvalue weighted by atomic mass is 16.3. The number of aryl methyl sites for hydroxylation is 1. The van der Waals surface area contributed by atoms with Gasteiger partial charge in [0.05, 0.1) is 17.3 Å². The molecule has 3 N–H and O–H groups in total. The van der Waals surface area contributed by atoms with Crippen LogP contribution in [0.1, 0.15) is 40.9 Å². The standard InChI is InChI=1S/C23H25N3O4/c1-5-16(14-9-6-8-13(2)12-14)24-18-19(22(29)21(18)28)25-17-11-7-10-15(20(17)27)23(30)26(3)4/h6-12,16,24-25,27H,5H2,1-4H3/t16-/m0/s1. The average Bonchev–Trinajstić information content (AvgIpc) is 2.73. The molecule has 1 amide bonds. The van der Waals surface area contributed by atoms with Crippen molar-refractivity contribution in [1.29, 1.82) is 0 Å². The van der Waals surface area contributed by atoms with Gasteiger partial charge in [-0.1, -0.05) is 42.8 Å². The molecule has 3 aromatic carbocycles. The molecule has 0 heterocycles. The molecular formula is C23H25N3O4. The predicted molar refractivity (Wildman–Crippen MR) is 119 cm³/mol. The number of benzene rings is 2. The lowest BCUT2D eigenvalue weighted by atomic mass is 10.0. The van der Waals surface area contributed by atoms with Crippen molar-refractivity contribution in [2.24, 2.45) is 0 Å². The lowest BCUT2D eigenvalue weighted by molar-refractivity contribution is 0.0824. The van der Waals surface area contributed by atoms with Gasteiger partial charge in [0.2, 0.25) is 0 Å². The summed E-state index contributed by atoms with van der Waals surface area (Å²) in [4.78, 5) is 38.0. The quantitative estimate of drug-likeness (QED) is 0.411. The highest BCUT2D eigenvalue weighted by Crippen LogP contribution is 2.33. The van der Waals surface area contributed by atoms with Crippen LogP contribution in [-0.2, 0) is 0 Å². The third-order valence-electron chi connectivity index (χ3n) is 5.01. The van der Waals surface area contributed by atoms with Crippen molar-refractivity contribution >= 4 is 23.0 Å². The molecule has 0 aliphatic heterocycles. The van der Waals surface area contributed by atoms with Crippen LogP contribution in [0.4, 0.5) is 17.1 Å². The van der Waals surface area contributed by atoms with Crippen molar-refractivity contribution in [2.75, 3.05) is 24.7 Å². The zero-order chi connectivity index (χ0) is 22.0. The van der Waals surface area contributed by atoms with Crippen molar-refractivity contribution < 1.29 is 9.90 Å². The van der Waals surface area contributed by atoms with E-state index in [1.54, 1.807) is 26.2 Å². The van der Waals surface area contributed by atoms with Gasteiger partial charge in [-0.3, -0.25) is 14.4 Å². The summed E-state index contributed by atoms with van der Waals surface area (Å²) < 4.78 is 0. The molecule has 0 saturated heterocycles. The van der Waals surface area contributed by atoms with Crippen molar-refractivity contribution in [3.8, 4) is 5.75 Å². The fraction of sp³-hybridized carbons (Fsp3) is 0.261. The number of carbonyl (C=O) groups is 1. The van der Waals surface area contributed by atoms with Crippen LogP contribution in [0.2, 0.25) is 0 Å². The zero-order valence-electron chi connectivity index (χ0n) is 17.4. The van der Waals surface area contributed by atoms with Gasteiger partial charge >= 0.3 is 0 Å². The second-order valence-corrected chi connectivity index (χ2v) is 7.45. The molecule has 0 fully saturated rings. The van der Waals surface area contributed by atoms with Gasteiger partial charge in [0, 0.05) is 14.1 Å². The number of carbonyl (C=O) groups excluding carboxylic acids is 1. The Labute approximate surface area is 174 Å². The topological polar surface area (TPSA) is 98.7 Å². The predicted octanol–water partition coefficient (Wildman–Crippen LogP) is 3.31. The van der Waals surface area contributed by atoms with Crippen molar-refractivity contribution in [3.63, 3.8) is 0 Å². The molecule has 7 heteroatoms. The molecule has 0 unspecified atom stereocenters. The molecule has 1 atom stereocenters. The molecule has 156 valence electrons. The van der Waals surface area contributed by atoms with E-state index in [4.69, 9.17) is 0 Å². The van der Waals surface area contributed by atoms with Crippen LogP contribution in [-0.4, -0.2) is 30.0 Å². The van der Waals surface area contributed by atoms with Gasteiger partial charge in [-0.05, 0) is 31.0 Å². The summed E-state index contributed by atoms with van der Waals surface area (Å²) in [5.74, 6) is -0.647. The van der Waals surface area contributed by atoms with Crippen molar-refractivity contribution in [2.45, 2.75) is 26.3 Å². The van der Waals surface area contributed by atoms with Gasteiger partial charge in [-0.2, -0.15) is 0 Å². The number of phenolic OH excluding ortho intramolecular Hbond substituents is 1. The third-order valence-corrected chi connectivity index (χ3v) is 5.01. The van der Waals surface area contributed by atoms with E-state index in [9.17, 15) is 19.5 Å². The first kappa shape index (κ1) is 21.1. The number of anilines is 3. The summed E-state index contributed by atoms with van der Waals surface area (Å²) in [5, 5.41) is 16.5. The van der Waals surface area contributed by atoms with Crippen molar-refractivity contribution in [3.05, 3.63) is 79.6 Å². The molecule has 3 rings (SSSR count). The van der Waals surface area contributed by atoms with Crippen LogP contribution in [0.15, 0.2) is 52.1 Å². The van der Waals surface area contributed by atoms with Gasteiger partial charge in [-0.25, -0.2) is 0 Å². The Bertz CT molecular complexity index is 1160. The van der Waals surface area contributed by atoms with Gasteiger partial charge < -0.3 is 20.6 Å². The first-order valence-electron chi connectivity index (χ1n) is 9.71. The van der Waals surface area contributed by atoms with E-state index in [1.807, 2.05) is 38.1 Å². The Morgan fingerprint density at radius 3 is 2.37 bits per heavy atom. The van der Waals surface area contributed by atoms with E-state index in [0.717, 1.165) is 11.1 Å². The van der Waals surface area contributed by atoms with Crippen LogP contribution in [0.5, 0.6) is 5.75 Å². The number of phenols is 1. The lowest BCUT2D eigenvalue weighted by Gasteiger charge is -2.23. The van der Waals surface area contributed by atoms with E-state index in [2.05, 4.69) is 10.6 Å². The van der Waals surface area contributed by atoms with Gasteiger partial charge in [0.1, 0.15) is 11.4 Å². The zero-order valence-corrected chi connectivity index (χ0v) is 17.4. The fourth-order valence-corrected chi connectivity index (χ4v) is 3.32. The van der Waals surface area contributed by atoms with E-state index < -0.39 is 10.9 Å². The highest BCUT2D eigenvalue weighted by molar-refractivity contribution is 5.99. The molecule has 0 bridgehead atoms. The Morgan fingerprint density at radius 1 is 1.07 bits per heavy atom. The molecule has 0 aliphatic carbocycles. The molecule has 0 spiro atoms. The number of para-hydroxylation sites is 1. The molecule has 0 saturated carbocycles. The lowest BCUT2D eigenvalue weighted by Crippen LogP contribution is -2.37. The largest absolute Gasteiger partial charge is 0.505 e. The first-order valence-corrected chi connectivity index (χ1v) is 9.71. The Balaban J connectivity index is 1.91. The van der Waals surface area contributed by atoms with Crippen LogP contribution < -0.4 is 21.5 Å². The number of rotatable bonds is 7. The van der Waals surface area contributed by atoms with Crippen LogP contribution in [0.3, 0.4) is 0 Å². The normalized spacial score (nSPS) is 11.9. The molecule has 0 aliphatic rings. The number of aromatic hydroxyl groups is 1. The molecule has 3 aromatic rings. The Morgan fingerprint density at radius 2 is 1.73 bits per heavy atom. The van der Waals surface area contributed by atoms with Crippen LogP contribution >= 0.6 is 0 Å². The Kier molecular flexibility index (Phi) is 5.91. The molecule has 30 heavy (non-hydrogen) atoms. The maximum absolute atomic E-state index is 12.2. The number of nitrogens with one attached hydrogen (secondary N) is 2. The number of hydrogen-bond donors (Lipinski definition) is 3. The third kappa shape index (κ3) is 3.91. The number of amides is 1. The average molecular weight is 407 g/mol. The summed E-state index contributed by atoms with van der Waals surface area (Å²) in [6.07, 6.45) is 0.708. The SMILES string of the molecule is CC[C@H](Nc1c(Nc2cccc(C(=O)N(C)C)c2O)c(=O)c1=O)c1cccc(C)c1. The maximum Gasteiger partial charge on any atom is 0.257 e. The summed E-state index contributed by atoms with van der Waals surface area (Å²) in [7, 11) is 3.16. The molecule has 7 nitrogen and oxygen atoms in total. The number of nitrogens with zero attached hydrogens (tertiary/aromatic N) is 1. The smallest absolute Gasteiger partial charge is 0.257 e. The molecule has 0 radical (unpaired) electrons. The fourth-order valence-electron chi connectivity index (χ4n) is 3.32. The van der Waals surface area contributed by atoms with Gasteiger partial charge in [0.25, 0.3) is 16.8 Å². The van der Waals surface area contributed by atoms with E-state index in [0.29, 0.717) is 6.42 Å². The minimum Gasteiger partial charge on any atom is -0.505 e. The Hall–Kier alpha value is -3.61. The van der Waals surface area contributed by atoms with E-state index >= 15 is 0 Å². The summed E-state index contributed by atoms with van der Waals surface area (Å²) in [6, 6.07) is 12.4. The van der Waals surface area contributed by atoms with Gasteiger partial charge in [0.15, 0.2) is 5.75 Å². The summed E-state index contributed by atoms with van der Waals surface area (Å²) in [5.41, 5.74) is 1.38. The van der Waals surface area contributed by atoms with Crippen molar-refractivity contribution in [1.82, 2.24) is 4.90 Å². The second kappa shape index (κ2) is 8.41. The van der Waals surface area contributed by atoms with E-state index in [-0.39, 0.29) is 40.3 Å². The number of hydrogen-bond acceptors (Lipinski definition) is 6. The van der Waals surface area contributed by atoms with Crippen LogP contribution in [0.25, 0.3) is 0 Å². The monoisotopic (exact) mass is 407 g/mol. The molecule has 0 aromatic heterocycles. The summed E-state index contributed by atoms with van der Waals surface area (Å²) in [6.45, 7) is 3.98. The van der Waals surface area contributed by atoms with Crippen LogP contribution in [0, 0.1) is 6.92 Å². The molecular weight excluding hydrogens is 382 g/mol. The maximum atomic E-state index is 12.2.